The predicted octanol–water partition coefficient (Wildman–Crippen LogP) is 4.22. The molecule has 1 N–H and O–H groups in total. The summed E-state index contributed by atoms with van der Waals surface area (Å²) in [4.78, 5) is 0. The number of hydrogen-bond donors (Lipinski definition) is 1. The number of rotatable bonds is 4. The summed E-state index contributed by atoms with van der Waals surface area (Å²) < 4.78 is 42.8. The third kappa shape index (κ3) is 3.74. The van der Waals surface area contributed by atoms with Crippen molar-refractivity contribution in [3.05, 3.63) is 59.7 Å². The van der Waals surface area contributed by atoms with Crippen molar-refractivity contribution >= 4 is 0 Å². The Balaban J connectivity index is 2.12. The summed E-state index contributed by atoms with van der Waals surface area (Å²) in [5.74, 6) is 0.970. The number of halogens is 3. The molecule has 0 amide bonds. The van der Waals surface area contributed by atoms with Gasteiger partial charge in [0.2, 0.25) is 0 Å². The van der Waals surface area contributed by atoms with Crippen LogP contribution in [-0.2, 0) is 12.7 Å². The average Bonchev–Trinajstić information content (AvgIpc) is 2.39. The lowest BCUT2D eigenvalue weighted by atomic mass is 10.2. The van der Waals surface area contributed by atoms with E-state index in [0.717, 1.165) is 17.7 Å². The third-order valence-electron chi connectivity index (χ3n) is 2.70. The summed E-state index contributed by atoms with van der Waals surface area (Å²) in [7, 11) is 1.84. The Hall–Kier alpha value is -2.01. The van der Waals surface area contributed by atoms with E-state index >= 15 is 0 Å². The SMILES string of the molecule is CNCc1cccc(Oc2ccc(C(F)(F)F)cc2)c1. The second-order valence-electron chi connectivity index (χ2n) is 4.30. The maximum atomic E-state index is 12.4. The average molecular weight is 281 g/mol. The normalized spacial score (nSPS) is 11.4. The molecule has 2 aromatic rings. The quantitative estimate of drug-likeness (QED) is 0.906. The monoisotopic (exact) mass is 281 g/mol. The van der Waals surface area contributed by atoms with Gasteiger partial charge in [-0.2, -0.15) is 13.2 Å². The van der Waals surface area contributed by atoms with Crippen LogP contribution in [-0.4, -0.2) is 7.05 Å². The summed E-state index contributed by atoms with van der Waals surface area (Å²) in [6.07, 6.45) is -4.33. The molecule has 0 heterocycles. The number of alkyl halides is 3. The molecule has 2 nitrogen and oxygen atoms in total. The Kier molecular flexibility index (Phi) is 4.29. The molecule has 0 spiro atoms. The van der Waals surface area contributed by atoms with Gasteiger partial charge in [0.25, 0.3) is 0 Å². The van der Waals surface area contributed by atoms with Crippen LogP contribution in [0.1, 0.15) is 11.1 Å². The second-order valence-corrected chi connectivity index (χ2v) is 4.30. The van der Waals surface area contributed by atoms with Gasteiger partial charge in [-0.3, -0.25) is 0 Å². The lowest BCUT2D eigenvalue weighted by Crippen LogP contribution is -2.05. The standard InChI is InChI=1S/C15H14F3NO/c1-19-10-11-3-2-4-14(9-11)20-13-7-5-12(6-8-13)15(16,17)18/h2-9,19H,10H2,1H3. The maximum Gasteiger partial charge on any atom is 0.416 e. The van der Waals surface area contributed by atoms with Crippen molar-refractivity contribution in [2.45, 2.75) is 12.7 Å². The fourth-order valence-electron chi connectivity index (χ4n) is 1.77. The molecule has 20 heavy (non-hydrogen) atoms. The second kappa shape index (κ2) is 5.96. The molecule has 0 atom stereocenters. The van der Waals surface area contributed by atoms with E-state index in [9.17, 15) is 13.2 Å². The fourth-order valence-corrected chi connectivity index (χ4v) is 1.77. The van der Waals surface area contributed by atoms with E-state index in [1.54, 1.807) is 6.07 Å². The zero-order valence-corrected chi connectivity index (χ0v) is 10.9. The molecular formula is C15H14F3NO. The van der Waals surface area contributed by atoms with Gasteiger partial charge in [0.1, 0.15) is 11.5 Å². The zero-order chi connectivity index (χ0) is 14.6. The van der Waals surface area contributed by atoms with Crippen LogP contribution in [0.3, 0.4) is 0 Å². The van der Waals surface area contributed by atoms with Gasteiger partial charge in [0.15, 0.2) is 0 Å². The molecule has 0 unspecified atom stereocenters. The molecular weight excluding hydrogens is 267 g/mol. The van der Waals surface area contributed by atoms with Crippen molar-refractivity contribution in [2.75, 3.05) is 7.05 Å². The van der Waals surface area contributed by atoms with Gasteiger partial charge in [0, 0.05) is 6.54 Å². The molecule has 106 valence electrons. The molecule has 0 saturated heterocycles. The van der Waals surface area contributed by atoms with Gasteiger partial charge in [-0.05, 0) is 49.0 Å². The van der Waals surface area contributed by atoms with Crippen LogP contribution in [0.15, 0.2) is 48.5 Å². The summed E-state index contributed by atoms with van der Waals surface area (Å²) in [6, 6.07) is 12.0. The highest BCUT2D eigenvalue weighted by molar-refractivity contribution is 5.35. The molecule has 2 aromatic carbocycles. The molecule has 0 aromatic heterocycles. The molecule has 0 radical (unpaired) electrons. The molecule has 0 aliphatic rings. The molecule has 0 fully saturated rings. The van der Waals surface area contributed by atoms with Gasteiger partial charge in [-0.25, -0.2) is 0 Å². The molecule has 0 aliphatic heterocycles. The van der Waals surface area contributed by atoms with Crippen LogP contribution < -0.4 is 10.1 Å². The first-order valence-electron chi connectivity index (χ1n) is 6.08. The first kappa shape index (κ1) is 14.4. The molecule has 0 saturated carbocycles. The van der Waals surface area contributed by atoms with Crippen LogP contribution in [0.25, 0.3) is 0 Å². The highest BCUT2D eigenvalue weighted by Crippen LogP contribution is 2.31. The van der Waals surface area contributed by atoms with E-state index < -0.39 is 11.7 Å². The van der Waals surface area contributed by atoms with Crippen LogP contribution in [0.2, 0.25) is 0 Å². The minimum absolute atomic E-state index is 0.375. The fraction of sp³-hybridized carbons (Fsp3) is 0.200. The largest absolute Gasteiger partial charge is 0.457 e. The number of ether oxygens (including phenoxy) is 1. The van der Waals surface area contributed by atoms with Crippen LogP contribution in [0.4, 0.5) is 13.2 Å². The summed E-state index contributed by atoms with van der Waals surface area (Å²) in [5.41, 5.74) is 0.352. The summed E-state index contributed by atoms with van der Waals surface area (Å²) >= 11 is 0. The molecule has 0 bridgehead atoms. The van der Waals surface area contributed by atoms with Crippen LogP contribution in [0, 0.1) is 0 Å². The highest BCUT2D eigenvalue weighted by Gasteiger charge is 2.30. The zero-order valence-electron chi connectivity index (χ0n) is 10.9. The first-order chi connectivity index (χ1) is 9.49. The predicted molar refractivity (Wildman–Crippen MR) is 70.7 cm³/mol. The van der Waals surface area contributed by atoms with Gasteiger partial charge in [-0.1, -0.05) is 12.1 Å². The lowest BCUT2D eigenvalue weighted by molar-refractivity contribution is -0.137. The number of hydrogen-bond acceptors (Lipinski definition) is 2. The van der Waals surface area contributed by atoms with E-state index in [0.29, 0.717) is 18.0 Å². The van der Waals surface area contributed by atoms with E-state index in [1.165, 1.54) is 12.1 Å². The Morgan fingerprint density at radius 3 is 2.30 bits per heavy atom. The smallest absolute Gasteiger partial charge is 0.416 e. The van der Waals surface area contributed by atoms with Gasteiger partial charge >= 0.3 is 6.18 Å². The first-order valence-corrected chi connectivity index (χ1v) is 6.08. The van der Waals surface area contributed by atoms with Crippen LogP contribution >= 0.6 is 0 Å². The molecule has 0 aliphatic carbocycles. The molecule has 2 rings (SSSR count). The topological polar surface area (TPSA) is 21.3 Å². The Morgan fingerprint density at radius 2 is 1.70 bits per heavy atom. The van der Waals surface area contributed by atoms with Gasteiger partial charge in [0.05, 0.1) is 5.56 Å². The summed E-state index contributed by atoms with van der Waals surface area (Å²) in [6.45, 7) is 0.699. The lowest BCUT2D eigenvalue weighted by Gasteiger charge is -2.10. The van der Waals surface area contributed by atoms with Crippen molar-refractivity contribution in [1.29, 1.82) is 0 Å². The van der Waals surface area contributed by atoms with Crippen molar-refractivity contribution < 1.29 is 17.9 Å². The van der Waals surface area contributed by atoms with E-state index in [1.807, 2.05) is 25.2 Å². The van der Waals surface area contributed by atoms with E-state index in [-0.39, 0.29) is 0 Å². The number of benzene rings is 2. The Bertz CT molecular complexity index is 564. The van der Waals surface area contributed by atoms with E-state index in [4.69, 9.17) is 4.74 Å². The Labute approximate surface area is 115 Å². The minimum atomic E-state index is -4.33. The van der Waals surface area contributed by atoms with Crippen LogP contribution in [0.5, 0.6) is 11.5 Å². The highest BCUT2D eigenvalue weighted by atomic mass is 19.4. The van der Waals surface area contributed by atoms with Crippen molar-refractivity contribution in [3.8, 4) is 11.5 Å². The Morgan fingerprint density at radius 1 is 1.00 bits per heavy atom. The number of nitrogens with one attached hydrogen (secondary N) is 1. The van der Waals surface area contributed by atoms with Crippen molar-refractivity contribution in [3.63, 3.8) is 0 Å². The van der Waals surface area contributed by atoms with Crippen molar-refractivity contribution in [1.82, 2.24) is 5.32 Å². The van der Waals surface area contributed by atoms with Gasteiger partial charge in [-0.15, -0.1) is 0 Å². The minimum Gasteiger partial charge on any atom is -0.457 e. The van der Waals surface area contributed by atoms with E-state index in [2.05, 4.69) is 5.32 Å². The van der Waals surface area contributed by atoms with Gasteiger partial charge < -0.3 is 10.1 Å². The van der Waals surface area contributed by atoms with Crippen molar-refractivity contribution in [2.24, 2.45) is 0 Å². The third-order valence-corrected chi connectivity index (χ3v) is 2.70. The molecule has 5 heteroatoms. The maximum absolute atomic E-state index is 12.4. The summed E-state index contributed by atoms with van der Waals surface area (Å²) in [5, 5.41) is 3.02.